The molecule has 2 atom stereocenters. The molecule has 2 fully saturated rings. The average Bonchev–Trinajstić information content (AvgIpc) is 3.22. The fraction of sp³-hybridized carbons (Fsp3) is 0.600. The molecule has 1 aromatic rings. The Balaban J connectivity index is 1.71. The molecule has 0 radical (unpaired) electrons. The van der Waals surface area contributed by atoms with Crippen molar-refractivity contribution >= 4 is 23.2 Å². The Morgan fingerprint density at radius 1 is 1.32 bits per heavy atom. The van der Waals surface area contributed by atoms with Crippen molar-refractivity contribution in [2.24, 2.45) is 5.92 Å². The van der Waals surface area contributed by atoms with Gasteiger partial charge in [-0.15, -0.1) is 0 Å². The largest absolute Gasteiger partial charge is 0.311 e. The predicted octanol–water partition coefficient (Wildman–Crippen LogP) is 3.57. The number of hydrogen-bond donors (Lipinski definition) is 1. The second-order valence-corrected chi connectivity index (χ2v) is 6.63. The van der Waals surface area contributed by atoms with Crippen molar-refractivity contribution in [3.63, 3.8) is 0 Å². The fourth-order valence-corrected chi connectivity index (χ4v) is 3.25. The van der Waals surface area contributed by atoms with E-state index in [1.165, 1.54) is 12.8 Å². The third-order valence-electron chi connectivity index (χ3n) is 4.33. The van der Waals surface area contributed by atoms with Gasteiger partial charge in [-0.2, -0.15) is 0 Å². The number of rotatable bonds is 3. The highest BCUT2D eigenvalue weighted by Gasteiger charge is 2.36. The Hall–Kier alpha value is -0.280. The van der Waals surface area contributed by atoms with Gasteiger partial charge in [-0.25, -0.2) is 0 Å². The van der Waals surface area contributed by atoms with E-state index in [4.69, 9.17) is 23.2 Å². The maximum Gasteiger partial charge on any atom is 0.0637 e. The standard InChI is InChI=1S/C15H20Cl2N2/c1-10-7-18-14(11-5-6-11)9-19(10)8-12-3-2-4-13(16)15(12)17/h2-4,10-11,14,18H,5-9H2,1H3. The van der Waals surface area contributed by atoms with E-state index in [9.17, 15) is 0 Å². The van der Waals surface area contributed by atoms with Gasteiger partial charge in [0.05, 0.1) is 10.0 Å². The average molecular weight is 299 g/mol. The number of nitrogens with zero attached hydrogens (tertiary/aromatic N) is 1. The van der Waals surface area contributed by atoms with Crippen LogP contribution in [0.2, 0.25) is 10.0 Å². The van der Waals surface area contributed by atoms with E-state index in [1.807, 2.05) is 12.1 Å². The minimum absolute atomic E-state index is 0.546. The van der Waals surface area contributed by atoms with Gasteiger partial charge in [0.2, 0.25) is 0 Å². The van der Waals surface area contributed by atoms with Crippen molar-refractivity contribution in [3.05, 3.63) is 33.8 Å². The zero-order valence-electron chi connectivity index (χ0n) is 11.2. The van der Waals surface area contributed by atoms with Crippen LogP contribution < -0.4 is 5.32 Å². The summed E-state index contributed by atoms with van der Waals surface area (Å²) in [5, 5.41) is 5.03. The van der Waals surface area contributed by atoms with E-state index in [0.29, 0.717) is 22.1 Å². The second kappa shape index (κ2) is 5.61. The molecule has 3 rings (SSSR count). The molecule has 0 spiro atoms. The number of piperazine rings is 1. The van der Waals surface area contributed by atoms with Crippen LogP contribution in [0, 0.1) is 5.92 Å². The molecule has 2 nitrogen and oxygen atoms in total. The molecule has 2 aliphatic rings. The monoisotopic (exact) mass is 298 g/mol. The van der Waals surface area contributed by atoms with Gasteiger partial charge in [0, 0.05) is 31.7 Å². The van der Waals surface area contributed by atoms with Crippen molar-refractivity contribution in [3.8, 4) is 0 Å². The lowest BCUT2D eigenvalue weighted by atomic mass is 10.0. The Kier molecular flexibility index (Phi) is 4.04. The van der Waals surface area contributed by atoms with Crippen molar-refractivity contribution in [2.75, 3.05) is 13.1 Å². The first-order valence-corrected chi connectivity index (χ1v) is 7.81. The number of nitrogens with one attached hydrogen (secondary N) is 1. The van der Waals surface area contributed by atoms with Gasteiger partial charge in [-0.05, 0) is 37.3 Å². The first kappa shape index (κ1) is 13.7. The van der Waals surface area contributed by atoms with Crippen molar-refractivity contribution < 1.29 is 0 Å². The van der Waals surface area contributed by atoms with Crippen LogP contribution in [0.25, 0.3) is 0 Å². The molecule has 2 unspecified atom stereocenters. The molecule has 1 saturated carbocycles. The van der Waals surface area contributed by atoms with Gasteiger partial charge >= 0.3 is 0 Å². The molecule has 0 bridgehead atoms. The van der Waals surface area contributed by atoms with Gasteiger partial charge < -0.3 is 5.32 Å². The molecule has 4 heteroatoms. The van der Waals surface area contributed by atoms with Crippen LogP contribution in [0.3, 0.4) is 0 Å². The molecule has 1 N–H and O–H groups in total. The quantitative estimate of drug-likeness (QED) is 0.918. The highest BCUT2D eigenvalue weighted by atomic mass is 35.5. The molecule has 0 aromatic heterocycles. The van der Waals surface area contributed by atoms with E-state index in [-0.39, 0.29) is 0 Å². The molecular formula is C15H20Cl2N2. The normalized spacial score (nSPS) is 28.6. The van der Waals surface area contributed by atoms with Crippen LogP contribution in [0.15, 0.2) is 18.2 Å². The Morgan fingerprint density at radius 3 is 2.84 bits per heavy atom. The van der Waals surface area contributed by atoms with E-state index >= 15 is 0 Å². The fourth-order valence-electron chi connectivity index (χ4n) is 2.87. The van der Waals surface area contributed by atoms with E-state index in [0.717, 1.165) is 31.1 Å². The van der Waals surface area contributed by atoms with Crippen molar-refractivity contribution in [2.45, 2.75) is 38.4 Å². The van der Waals surface area contributed by atoms with Crippen LogP contribution in [-0.4, -0.2) is 30.1 Å². The smallest absolute Gasteiger partial charge is 0.0637 e. The van der Waals surface area contributed by atoms with Gasteiger partial charge in [-0.3, -0.25) is 4.90 Å². The lowest BCUT2D eigenvalue weighted by Gasteiger charge is -2.39. The van der Waals surface area contributed by atoms with Gasteiger partial charge in [-0.1, -0.05) is 35.3 Å². The summed E-state index contributed by atoms with van der Waals surface area (Å²) in [6.45, 7) is 5.36. The molecule has 1 aliphatic heterocycles. The SMILES string of the molecule is CC1CNC(C2CC2)CN1Cc1cccc(Cl)c1Cl. The minimum Gasteiger partial charge on any atom is -0.311 e. The highest BCUT2D eigenvalue weighted by Crippen LogP contribution is 2.35. The Labute approximate surface area is 125 Å². The van der Waals surface area contributed by atoms with Crippen LogP contribution >= 0.6 is 23.2 Å². The molecule has 104 valence electrons. The predicted molar refractivity (Wildman–Crippen MR) is 80.8 cm³/mol. The summed E-state index contributed by atoms with van der Waals surface area (Å²) >= 11 is 12.4. The maximum absolute atomic E-state index is 6.30. The van der Waals surface area contributed by atoms with Crippen molar-refractivity contribution in [1.29, 1.82) is 0 Å². The Bertz CT molecular complexity index is 459. The van der Waals surface area contributed by atoms with Crippen LogP contribution in [0.1, 0.15) is 25.3 Å². The van der Waals surface area contributed by atoms with Crippen LogP contribution in [0.5, 0.6) is 0 Å². The minimum atomic E-state index is 0.546. The maximum atomic E-state index is 6.30. The van der Waals surface area contributed by atoms with Gasteiger partial charge in [0.25, 0.3) is 0 Å². The first-order chi connectivity index (χ1) is 9.15. The number of halogens is 2. The zero-order valence-corrected chi connectivity index (χ0v) is 12.7. The topological polar surface area (TPSA) is 15.3 Å². The van der Waals surface area contributed by atoms with Crippen LogP contribution in [-0.2, 0) is 6.54 Å². The first-order valence-electron chi connectivity index (χ1n) is 7.05. The molecule has 1 heterocycles. The van der Waals surface area contributed by atoms with Gasteiger partial charge in [0.1, 0.15) is 0 Å². The molecule has 0 amide bonds. The summed E-state index contributed by atoms with van der Waals surface area (Å²) in [5.41, 5.74) is 1.14. The summed E-state index contributed by atoms with van der Waals surface area (Å²) < 4.78 is 0. The summed E-state index contributed by atoms with van der Waals surface area (Å²) in [5.74, 6) is 0.893. The molecule has 1 saturated heterocycles. The third kappa shape index (κ3) is 3.08. The van der Waals surface area contributed by atoms with Crippen molar-refractivity contribution in [1.82, 2.24) is 10.2 Å². The van der Waals surface area contributed by atoms with E-state index in [1.54, 1.807) is 0 Å². The third-order valence-corrected chi connectivity index (χ3v) is 5.18. The van der Waals surface area contributed by atoms with E-state index in [2.05, 4.69) is 23.2 Å². The molecule has 1 aliphatic carbocycles. The number of benzene rings is 1. The second-order valence-electron chi connectivity index (χ2n) is 5.84. The summed E-state index contributed by atoms with van der Waals surface area (Å²) in [6, 6.07) is 7.12. The Morgan fingerprint density at radius 2 is 2.11 bits per heavy atom. The summed E-state index contributed by atoms with van der Waals surface area (Å²) in [7, 11) is 0. The molecule has 19 heavy (non-hydrogen) atoms. The summed E-state index contributed by atoms with van der Waals surface area (Å²) in [4.78, 5) is 2.52. The number of hydrogen-bond acceptors (Lipinski definition) is 2. The molecular weight excluding hydrogens is 279 g/mol. The van der Waals surface area contributed by atoms with Crippen LogP contribution in [0.4, 0.5) is 0 Å². The van der Waals surface area contributed by atoms with E-state index < -0.39 is 0 Å². The molecule has 1 aromatic carbocycles. The lowest BCUT2D eigenvalue weighted by Crippen LogP contribution is -2.55. The zero-order chi connectivity index (χ0) is 13.4. The summed E-state index contributed by atoms with van der Waals surface area (Å²) in [6.07, 6.45) is 2.77. The highest BCUT2D eigenvalue weighted by molar-refractivity contribution is 6.42. The van der Waals surface area contributed by atoms with Gasteiger partial charge in [0.15, 0.2) is 0 Å². The lowest BCUT2D eigenvalue weighted by molar-refractivity contribution is 0.125.